The molecule has 7 heteroatoms. The zero-order valence-corrected chi connectivity index (χ0v) is 18.7. The molecular formula is C23H25ClN2O3S. The van der Waals surface area contributed by atoms with E-state index in [0.29, 0.717) is 22.2 Å². The van der Waals surface area contributed by atoms with Gasteiger partial charge >= 0.3 is 0 Å². The molecule has 1 fully saturated rings. The van der Waals surface area contributed by atoms with Gasteiger partial charge in [-0.3, -0.25) is 4.79 Å². The molecule has 2 unspecified atom stereocenters. The van der Waals surface area contributed by atoms with Crippen molar-refractivity contribution in [3.05, 3.63) is 59.8 Å². The molecule has 1 aliphatic heterocycles. The first kappa shape index (κ1) is 20.9. The van der Waals surface area contributed by atoms with Gasteiger partial charge in [0, 0.05) is 35.2 Å². The summed E-state index contributed by atoms with van der Waals surface area (Å²) in [6.07, 6.45) is 2.71. The molecule has 30 heavy (non-hydrogen) atoms. The Hall–Kier alpha value is -2.31. The second-order valence-electron chi connectivity index (χ2n) is 8.34. The molecule has 3 aromatic rings. The van der Waals surface area contributed by atoms with Gasteiger partial charge in [-0.2, -0.15) is 0 Å². The Morgan fingerprint density at radius 2 is 1.67 bits per heavy atom. The number of sulfone groups is 1. The van der Waals surface area contributed by atoms with Crippen LogP contribution < -0.4 is 0 Å². The van der Waals surface area contributed by atoms with E-state index in [4.69, 9.17) is 11.6 Å². The quantitative estimate of drug-likeness (QED) is 0.589. The number of benzene rings is 2. The first-order valence-corrected chi connectivity index (χ1v) is 12.0. The van der Waals surface area contributed by atoms with Crippen molar-refractivity contribution in [3.63, 3.8) is 0 Å². The molecule has 0 spiro atoms. The number of carbonyl (C=O) groups is 1. The maximum atomic E-state index is 13.3. The molecule has 5 nitrogen and oxygen atoms in total. The number of hydrogen-bond acceptors (Lipinski definition) is 3. The lowest BCUT2D eigenvalue weighted by Gasteiger charge is -2.35. The highest BCUT2D eigenvalue weighted by Gasteiger charge is 2.27. The maximum Gasteiger partial charge on any atom is 0.242 e. The van der Waals surface area contributed by atoms with E-state index in [1.165, 1.54) is 12.1 Å². The maximum absolute atomic E-state index is 13.3. The predicted molar refractivity (Wildman–Crippen MR) is 118 cm³/mol. The molecule has 1 amide bonds. The summed E-state index contributed by atoms with van der Waals surface area (Å²) in [7, 11) is -3.74. The number of nitrogens with zero attached hydrogens (tertiary/aromatic N) is 2. The summed E-state index contributed by atoms with van der Waals surface area (Å²) in [6.45, 7) is 5.95. The number of carbonyl (C=O) groups excluding carboxylic acids is 1. The van der Waals surface area contributed by atoms with Crippen molar-refractivity contribution in [3.8, 4) is 0 Å². The number of halogens is 1. The van der Waals surface area contributed by atoms with E-state index in [1.54, 1.807) is 29.0 Å². The smallest absolute Gasteiger partial charge is 0.242 e. The largest absolute Gasteiger partial charge is 0.341 e. The summed E-state index contributed by atoms with van der Waals surface area (Å²) in [6, 6.07) is 13.4. The Bertz CT molecular complexity index is 1170. The standard InChI is InChI=1S/C23H25ClN2O3S/c1-16-11-17(2)13-26(12-16)23(27)15-25-14-22(20-5-3-4-6-21(20)25)30(28,29)19-9-7-18(24)8-10-19/h3-10,14,16-17H,11-13,15H2,1-2H3. The fourth-order valence-corrected chi connectivity index (χ4v) is 6.01. The van der Waals surface area contributed by atoms with Gasteiger partial charge in [0.05, 0.1) is 9.79 Å². The number of fused-ring (bicyclic) bond motifs is 1. The predicted octanol–water partition coefficient (Wildman–Crippen LogP) is 4.63. The first-order valence-electron chi connectivity index (χ1n) is 10.1. The number of piperidine rings is 1. The summed E-state index contributed by atoms with van der Waals surface area (Å²) in [5.41, 5.74) is 0.733. The van der Waals surface area contributed by atoms with Gasteiger partial charge in [0.1, 0.15) is 6.54 Å². The number of rotatable bonds is 4. The SMILES string of the molecule is CC1CC(C)CN(C(=O)Cn2cc(S(=O)(=O)c3ccc(Cl)cc3)c3ccccc32)C1. The average Bonchev–Trinajstić information content (AvgIpc) is 3.07. The lowest BCUT2D eigenvalue weighted by Crippen LogP contribution is -2.43. The van der Waals surface area contributed by atoms with Crippen LogP contribution in [0.5, 0.6) is 0 Å². The summed E-state index contributed by atoms with van der Waals surface area (Å²) >= 11 is 5.92. The third kappa shape index (κ3) is 3.98. The van der Waals surface area contributed by atoms with Crippen molar-refractivity contribution in [2.24, 2.45) is 11.8 Å². The minimum Gasteiger partial charge on any atom is -0.341 e. The summed E-state index contributed by atoms with van der Waals surface area (Å²) in [4.78, 5) is 15.3. The van der Waals surface area contributed by atoms with Crippen LogP contribution >= 0.6 is 11.6 Å². The third-order valence-corrected chi connectivity index (χ3v) is 7.74. The van der Waals surface area contributed by atoms with Crippen LogP contribution in [0, 0.1) is 11.8 Å². The average molecular weight is 445 g/mol. The molecule has 2 aromatic carbocycles. The lowest BCUT2D eigenvalue weighted by molar-refractivity contribution is -0.134. The summed E-state index contributed by atoms with van der Waals surface area (Å²) in [5, 5.41) is 1.09. The van der Waals surface area contributed by atoms with Gasteiger partial charge in [-0.1, -0.05) is 43.6 Å². The normalized spacial score (nSPS) is 19.9. The van der Waals surface area contributed by atoms with Crippen LogP contribution in [0.1, 0.15) is 20.3 Å². The molecule has 1 aliphatic rings. The molecule has 158 valence electrons. The van der Waals surface area contributed by atoms with Crippen LogP contribution in [0.3, 0.4) is 0 Å². The van der Waals surface area contributed by atoms with Gasteiger partial charge in [-0.25, -0.2) is 8.42 Å². The fraction of sp³-hybridized carbons (Fsp3) is 0.348. The molecule has 0 aliphatic carbocycles. The molecule has 1 saturated heterocycles. The van der Waals surface area contributed by atoms with Crippen molar-refractivity contribution in [1.29, 1.82) is 0 Å². The minimum absolute atomic E-state index is 0.0181. The summed E-state index contributed by atoms with van der Waals surface area (Å²) in [5.74, 6) is 0.962. The molecule has 0 N–H and O–H groups in total. The molecule has 0 bridgehead atoms. The van der Waals surface area contributed by atoms with E-state index in [2.05, 4.69) is 13.8 Å². The van der Waals surface area contributed by atoms with Crippen molar-refractivity contribution in [2.45, 2.75) is 36.6 Å². The van der Waals surface area contributed by atoms with Gasteiger partial charge in [-0.05, 0) is 48.6 Å². The van der Waals surface area contributed by atoms with Crippen LogP contribution in [0.25, 0.3) is 10.9 Å². The van der Waals surface area contributed by atoms with E-state index < -0.39 is 9.84 Å². The van der Waals surface area contributed by atoms with Crippen LogP contribution in [0.2, 0.25) is 5.02 Å². The highest BCUT2D eigenvalue weighted by Crippen LogP contribution is 2.31. The number of amides is 1. The molecule has 1 aromatic heterocycles. The Morgan fingerprint density at radius 1 is 1.03 bits per heavy atom. The van der Waals surface area contributed by atoms with Crippen molar-refractivity contribution in [2.75, 3.05) is 13.1 Å². The number of para-hydroxylation sites is 1. The zero-order valence-electron chi connectivity index (χ0n) is 17.1. The third-order valence-electron chi connectivity index (χ3n) is 5.69. The Kier molecular flexibility index (Phi) is 5.64. The topological polar surface area (TPSA) is 59.4 Å². The second kappa shape index (κ2) is 8.08. The first-order chi connectivity index (χ1) is 14.3. The lowest BCUT2D eigenvalue weighted by atomic mass is 9.92. The second-order valence-corrected chi connectivity index (χ2v) is 10.7. The van der Waals surface area contributed by atoms with Crippen LogP contribution in [-0.2, 0) is 21.2 Å². The van der Waals surface area contributed by atoms with E-state index >= 15 is 0 Å². The van der Waals surface area contributed by atoms with Gasteiger partial charge in [0.25, 0.3) is 0 Å². The van der Waals surface area contributed by atoms with Gasteiger partial charge in [-0.15, -0.1) is 0 Å². The van der Waals surface area contributed by atoms with E-state index in [0.717, 1.165) is 25.0 Å². The highest BCUT2D eigenvalue weighted by atomic mass is 35.5. The van der Waals surface area contributed by atoms with Crippen molar-refractivity contribution >= 4 is 38.2 Å². The minimum atomic E-state index is -3.74. The van der Waals surface area contributed by atoms with Gasteiger partial charge < -0.3 is 9.47 Å². The summed E-state index contributed by atoms with van der Waals surface area (Å²) < 4.78 is 28.3. The van der Waals surface area contributed by atoms with Gasteiger partial charge in [0.2, 0.25) is 15.7 Å². The molecule has 2 atom stereocenters. The van der Waals surface area contributed by atoms with E-state index in [9.17, 15) is 13.2 Å². The number of aromatic nitrogens is 1. The highest BCUT2D eigenvalue weighted by molar-refractivity contribution is 7.91. The monoisotopic (exact) mass is 444 g/mol. The van der Waals surface area contributed by atoms with Crippen LogP contribution in [-0.4, -0.2) is 36.9 Å². The van der Waals surface area contributed by atoms with Crippen LogP contribution in [0.15, 0.2) is 64.5 Å². The van der Waals surface area contributed by atoms with Crippen LogP contribution in [0.4, 0.5) is 0 Å². The fourth-order valence-electron chi connectivity index (χ4n) is 4.41. The number of likely N-dealkylation sites (tertiary alicyclic amines) is 1. The Balaban J connectivity index is 1.71. The Morgan fingerprint density at radius 3 is 2.33 bits per heavy atom. The van der Waals surface area contributed by atoms with Crippen molar-refractivity contribution < 1.29 is 13.2 Å². The van der Waals surface area contributed by atoms with E-state index in [-0.39, 0.29) is 22.2 Å². The zero-order chi connectivity index (χ0) is 21.5. The molecule has 0 radical (unpaired) electrons. The molecular weight excluding hydrogens is 420 g/mol. The molecule has 0 saturated carbocycles. The molecule has 2 heterocycles. The van der Waals surface area contributed by atoms with Crippen molar-refractivity contribution in [1.82, 2.24) is 9.47 Å². The van der Waals surface area contributed by atoms with E-state index in [1.807, 2.05) is 23.1 Å². The number of hydrogen-bond donors (Lipinski definition) is 0. The Labute approximate surface area is 182 Å². The van der Waals surface area contributed by atoms with Gasteiger partial charge in [0.15, 0.2) is 0 Å². The molecule has 4 rings (SSSR count).